The molecule has 1 fully saturated rings. The Morgan fingerprint density at radius 2 is 2.17 bits per heavy atom. The van der Waals surface area contributed by atoms with Gasteiger partial charge in [-0.15, -0.1) is 0 Å². The second kappa shape index (κ2) is 5.27. The minimum Gasteiger partial charge on any atom is -0.339 e. The summed E-state index contributed by atoms with van der Waals surface area (Å²) in [6.45, 7) is 6.20. The summed E-state index contributed by atoms with van der Waals surface area (Å²) in [6, 6.07) is 3.36. The van der Waals surface area contributed by atoms with Crippen LogP contribution in [0.2, 0.25) is 5.15 Å². The van der Waals surface area contributed by atoms with Crippen molar-refractivity contribution in [2.24, 2.45) is 5.41 Å². The summed E-state index contributed by atoms with van der Waals surface area (Å²) < 4.78 is 0. The number of hydrogen-bond acceptors (Lipinski definition) is 2. The fraction of sp³-hybridized carbons (Fsp3) is 0.571. The van der Waals surface area contributed by atoms with E-state index >= 15 is 0 Å². The second-order valence-corrected chi connectivity index (χ2v) is 5.71. The van der Waals surface area contributed by atoms with Gasteiger partial charge in [-0.2, -0.15) is 0 Å². The first kappa shape index (κ1) is 13.3. The first-order valence-corrected chi connectivity index (χ1v) is 6.83. The van der Waals surface area contributed by atoms with Crippen LogP contribution in [0, 0.1) is 5.41 Å². The molecule has 18 heavy (non-hydrogen) atoms. The summed E-state index contributed by atoms with van der Waals surface area (Å²) >= 11 is 5.81. The number of carbonyl (C=O) groups is 1. The van der Waals surface area contributed by atoms with Gasteiger partial charge in [0.25, 0.3) is 5.91 Å². The van der Waals surface area contributed by atoms with Crippen LogP contribution in [0.4, 0.5) is 0 Å². The number of piperidine rings is 1. The Balaban J connectivity index is 2.04. The highest BCUT2D eigenvalue weighted by Gasteiger charge is 2.30. The molecule has 0 saturated carbocycles. The number of rotatable bonds is 2. The highest BCUT2D eigenvalue weighted by molar-refractivity contribution is 6.29. The lowest BCUT2D eigenvalue weighted by atomic mass is 9.78. The molecule has 2 rings (SSSR count). The summed E-state index contributed by atoms with van der Waals surface area (Å²) in [5.74, 6) is 0.0671. The van der Waals surface area contributed by atoms with Crippen molar-refractivity contribution in [2.75, 3.05) is 13.1 Å². The van der Waals surface area contributed by atoms with Gasteiger partial charge >= 0.3 is 0 Å². The lowest BCUT2D eigenvalue weighted by molar-refractivity contribution is 0.0600. The third-order valence-corrected chi connectivity index (χ3v) is 4.29. The second-order valence-electron chi connectivity index (χ2n) is 5.32. The zero-order valence-corrected chi connectivity index (χ0v) is 11.7. The summed E-state index contributed by atoms with van der Waals surface area (Å²) in [6.07, 6.45) is 4.91. The molecule has 98 valence electrons. The van der Waals surface area contributed by atoms with E-state index in [2.05, 4.69) is 18.8 Å². The van der Waals surface area contributed by atoms with Crippen LogP contribution in [-0.2, 0) is 0 Å². The third-order valence-electron chi connectivity index (χ3n) is 4.08. The van der Waals surface area contributed by atoms with Crippen LogP contribution in [0.5, 0.6) is 0 Å². The third kappa shape index (κ3) is 2.83. The van der Waals surface area contributed by atoms with Gasteiger partial charge in [0.15, 0.2) is 0 Å². The molecule has 0 N–H and O–H groups in total. The number of amides is 1. The zero-order valence-electron chi connectivity index (χ0n) is 10.9. The Morgan fingerprint density at radius 1 is 1.50 bits per heavy atom. The van der Waals surface area contributed by atoms with E-state index in [9.17, 15) is 4.79 Å². The van der Waals surface area contributed by atoms with E-state index in [0.29, 0.717) is 16.1 Å². The molecule has 0 aromatic carbocycles. The minimum atomic E-state index is 0.0671. The molecule has 1 amide bonds. The molecule has 0 bridgehead atoms. The Kier molecular flexibility index (Phi) is 3.91. The van der Waals surface area contributed by atoms with Crippen LogP contribution in [-0.4, -0.2) is 28.9 Å². The Hall–Kier alpha value is -1.09. The number of hydrogen-bond donors (Lipinski definition) is 0. The quantitative estimate of drug-likeness (QED) is 0.769. The van der Waals surface area contributed by atoms with Gasteiger partial charge in [0.1, 0.15) is 5.15 Å². The number of aromatic nitrogens is 1. The van der Waals surface area contributed by atoms with Crippen LogP contribution in [0.25, 0.3) is 0 Å². The molecule has 2 heterocycles. The van der Waals surface area contributed by atoms with Gasteiger partial charge in [-0.05, 0) is 30.4 Å². The standard InChI is InChI=1S/C14H19ClN2O/c1-3-14(2)5-8-17(9-6-14)13(18)11-4-7-16-12(15)10-11/h4,7,10H,3,5-6,8-9H2,1-2H3. The van der Waals surface area contributed by atoms with Gasteiger partial charge in [0, 0.05) is 24.8 Å². The van der Waals surface area contributed by atoms with Crippen molar-refractivity contribution in [3.05, 3.63) is 29.0 Å². The largest absolute Gasteiger partial charge is 0.339 e. The molecule has 1 aromatic heterocycles. The van der Waals surface area contributed by atoms with E-state index in [1.165, 1.54) is 6.42 Å². The Morgan fingerprint density at radius 3 is 2.72 bits per heavy atom. The first-order valence-electron chi connectivity index (χ1n) is 6.45. The van der Waals surface area contributed by atoms with E-state index in [0.717, 1.165) is 25.9 Å². The molecule has 0 radical (unpaired) electrons. The molecule has 1 saturated heterocycles. The number of nitrogens with zero attached hydrogens (tertiary/aromatic N) is 2. The van der Waals surface area contributed by atoms with Gasteiger partial charge in [0.05, 0.1) is 0 Å². The summed E-state index contributed by atoms with van der Waals surface area (Å²) in [5, 5.41) is 0.372. The molecule has 0 atom stereocenters. The van der Waals surface area contributed by atoms with Crippen molar-refractivity contribution < 1.29 is 4.79 Å². The minimum absolute atomic E-state index is 0.0671. The van der Waals surface area contributed by atoms with Crippen molar-refractivity contribution in [3.8, 4) is 0 Å². The highest BCUT2D eigenvalue weighted by Crippen LogP contribution is 2.34. The maximum atomic E-state index is 12.3. The maximum absolute atomic E-state index is 12.3. The van der Waals surface area contributed by atoms with Crippen LogP contribution in [0.3, 0.4) is 0 Å². The van der Waals surface area contributed by atoms with E-state index < -0.39 is 0 Å². The number of halogens is 1. The van der Waals surface area contributed by atoms with Crippen LogP contribution < -0.4 is 0 Å². The van der Waals surface area contributed by atoms with Crippen molar-refractivity contribution >= 4 is 17.5 Å². The van der Waals surface area contributed by atoms with E-state index in [-0.39, 0.29) is 5.91 Å². The molecule has 0 aliphatic carbocycles. The molecule has 1 aromatic rings. The smallest absolute Gasteiger partial charge is 0.254 e. The Labute approximate surface area is 113 Å². The molecule has 1 aliphatic rings. The van der Waals surface area contributed by atoms with Gasteiger partial charge in [-0.3, -0.25) is 4.79 Å². The van der Waals surface area contributed by atoms with Crippen LogP contribution in [0.15, 0.2) is 18.3 Å². The summed E-state index contributed by atoms with van der Waals surface area (Å²) in [5.41, 5.74) is 1.03. The normalized spacial score (nSPS) is 18.7. The van der Waals surface area contributed by atoms with E-state index in [4.69, 9.17) is 11.6 Å². The van der Waals surface area contributed by atoms with E-state index in [1.54, 1.807) is 18.3 Å². The highest BCUT2D eigenvalue weighted by atomic mass is 35.5. The van der Waals surface area contributed by atoms with Crippen molar-refractivity contribution in [1.82, 2.24) is 9.88 Å². The number of likely N-dealkylation sites (tertiary alicyclic amines) is 1. The first-order chi connectivity index (χ1) is 8.54. The zero-order chi connectivity index (χ0) is 13.2. The average Bonchev–Trinajstić information content (AvgIpc) is 2.39. The van der Waals surface area contributed by atoms with Crippen LogP contribution in [0.1, 0.15) is 43.5 Å². The molecular weight excluding hydrogens is 248 g/mol. The summed E-state index contributed by atoms with van der Waals surface area (Å²) in [7, 11) is 0. The average molecular weight is 267 g/mol. The van der Waals surface area contributed by atoms with Crippen molar-refractivity contribution in [2.45, 2.75) is 33.1 Å². The predicted octanol–water partition coefficient (Wildman–Crippen LogP) is 3.39. The van der Waals surface area contributed by atoms with Gasteiger partial charge in [0.2, 0.25) is 0 Å². The van der Waals surface area contributed by atoms with Crippen LogP contribution >= 0.6 is 11.6 Å². The molecule has 0 spiro atoms. The van der Waals surface area contributed by atoms with Gasteiger partial charge in [-0.1, -0.05) is 31.9 Å². The molecule has 3 nitrogen and oxygen atoms in total. The topological polar surface area (TPSA) is 33.2 Å². The number of carbonyl (C=O) groups excluding carboxylic acids is 1. The fourth-order valence-corrected chi connectivity index (χ4v) is 2.50. The molecule has 0 unspecified atom stereocenters. The Bertz CT molecular complexity index is 439. The molecule has 4 heteroatoms. The van der Waals surface area contributed by atoms with Gasteiger partial charge in [-0.25, -0.2) is 4.98 Å². The number of pyridine rings is 1. The van der Waals surface area contributed by atoms with Crippen molar-refractivity contribution in [3.63, 3.8) is 0 Å². The monoisotopic (exact) mass is 266 g/mol. The lowest BCUT2D eigenvalue weighted by Crippen LogP contribution is -2.41. The van der Waals surface area contributed by atoms with Crippen molar-refractivity contribution in [1.29, 1.82) is 0 Å². The predicted molar refractivity (Wildman–Crippen MR) is 72.8 cm³/mol. The van der Waals surface area contributed by atoms with E-state index in [1.807, 2.05) is 4.90 Å². The maximum Gasteiger partial charge on any atom is 0.254 e. The lowest BCUT2D eigenvalue weighted by Gasteiger charge is -2.38. The SMILES string of the molecule is CCC1(C)CCN(C(=O)c2ccnc(Cl)c2)CC1. The molecule has 1 aliphatic heterocycles. The molecular formula is C14H19ClN2O. The summed E-state index contributed by atoms with van der Waals surface area (Å²) in [4.78, 5) is 18.1. The fourth-order valence-electron chi connectivity index (χ4n) is 2.32. The van der Waals surface area contributed by atoms with Gasteiger partial charge < -0.3 is 4.90 Å².